The number of nitrogens with zero attached hydrogens (tertiary/aromatic N) is 1. The predicted octanol–water partition coefficient (Wildman–Crippen LogP) is 2.56. The minimum absolute atomic E-state index is 0.307. The fourth-order valence-electron chi connectivity index (χ4n) is 2.41. The molecule has 3 N–H and O–H groups in total. The van der Waals surface area contributed by atoms with Gasteiger partial charge < -0.3 is 11.1 Å². The van der Waals surface area contributed by atoms with Crippen molar-refractivity contribution in [1.82, 2.24) is 4.90 Å². The summed E-state index contributed by atoms with van der Waals surface area (Å²) in [6, 6.07) is 5.52. The maximum atomic E-state index is 12.4. The highest BCUT2D eigenvalue weighted by molar-refractivity contribution is 6.08. The second-order valence-electron chi connectivity index (χ2n) is 4.83. The van der Waals surface area contributed by atoms with E-state index in [2.05, 4.69) is 0 Å². The van der Waals surface area contributed by atoms with E-state index < -0.39 is 12.7 Å². The zero-order valence-corrected chi connectivity index (χ0v) is 10.9. The topological polar surface area (TPSA) is 53.1 Å². The Balaban J connectivity index is 2.17. The van der Waals surface area contributed by atoms with Crippen LogP contribution in [0.15, 0.2) is 24.4 Å². The normalized spacial score (nSPS) is 16.9. The Kier molecular flexibility index (Phi) is 4.13. The molecule has 6 heteroatoms. The number of allylic oxidation sites excluding steroid dienone is 1. The van der Waals surface area contributed by atoms with Gasteiger partial charge in [0.1, 0.15) is 0 Å². The summed E-state index contributed by atoms with van der Waals surface area (Å²) in [6.45, 7) is -0.174. The fraction of sp³-hybridized carbons (Fsp3) is 0.357. The molecule has 0 unspecified atom stereocenters. The van der Waals surface area contributed by atoms with Crippen molar-refractivity contribution >= 4 is 11.8 Å². The highest BCUT2D eigenvalue weighted by atomic mass is 19.4. The molecule has 0 fully saturated rings. The van der Waals surface area contributed by atoms with E-state index in [0.29, 0.717) is 25.1 Å². The second kappa shape index (κ2) is 5.66. The largest absolute Gasteiger partial charge is 0.404 e. The van der Waals surface area contributed by atoms with Crippen LogP contribution < -0.4 is 5.73 Å². The van der Waals surface area contributed by atoms with Crippen molar-refractivity contribution in [3.63, 3.8) is 0 Å². The Morgan fingerprint density at radius 3 is 2.70 bits per heavy atom. The quantitative estimate of drug-likeness (QED) is 0.838. The predicted molar refractivity (Wildman–Crippen MR) is 72.4 cm³/mol. The summed E-state index contributed by atoms with van der Waals surface area (Å²) in [6.07, 6.45) is -1.06. The average molecular weight is 283 g/mol. The third kappa shape index (κ3) is 3.39. The van der Waals surface area contributed by atoms with Gasteiger partial charge in [0.2, 0.25) is 0 Å². The fourth-order valence-corrected chi connectivity index (χ4v) is 2.41. The minimum atomic E-state index is -4.16. The Labute approximate surface area is 115 Å². The highest BCUT2D eigenvalue weighted by Crippen LogP contribution is 2.25. The van der Waals surface area contributed by atoms with Crippen molar-refractivity contribution in [3.8, 4) is 0 Å². The summed E-state index contributed by atoms with van der Waals surface area (Å²) in [7, 11) is 0. The SMILES string of the molecule is N=C/C(=C\N)c1ccc2c(c1)CCN(CC(F)(F)F)C2. The Hall–Kier alpha value is -1.82. The zero-order chi connectivity index (χ0) is 14.8. The van der Waals surface area contributed by atoms with Gasteiger partial charge in [0.05, 0.1) is 6.54 Å². The van der Waals surface area contributed by atoms with Gasteiger partial charge in [0.25, 0.3) is 0 Å². The van der Waals surface area contributed by atoms with Crippen LogP contribution in [-0.4, -0.2) is 30.4 Å². The minimum Gasteiger partial charge on any atom is -0.404 e. The summed E-state index contributed by atoms with van der Waals surface area (Å²) >= 11 is 0. The molecule has 1 aromatic carbocycles. The lowest BCUT2D eigenvalue weighted by Gasteiger charge is -2.29. The molecule has 20 heavy (non-hydrogen) atoms. The third-order valence-corrected chi connectivity index (χ3v) is 3.37. The van der Waals surface area contributed by atoms with Gasteiger partial charge >= 0.3 is 6.18 Å². The summed E-state index contributed by atoms with van der Waals surface area (Å²) in [5, 5.41) is 7.26. The van der Waals surface area contributed by atoms with E-state index in [9.17, 15) is 13.2 Å². The molecule has 108 valence electrons. The molecule has 0 bridgehead atoms. The standard InChI is InChI=1S/C14H16F3N3/c15-14(16,17)9-20-4-3-11-5-10(13(6-18)7-19)1-2-12(11)8-20/h1-2,5-7,18H,3-4,8-9,19H2/b13-7+,18-6?. The Bertz CT molecular complexity index is 535. The average Bonchev–Trinajstić information content (AvgIpc) is 2.38. The third-order valence-electron chi connectivity index (χ3n) is 3.37. The number of halogens is 3. The van der Waals surface area contributed by atoms with Crippen molar-refractivity contribution in [3.05, 3.63) is 41.1 Å². The van der Waals surface area contributed by atoms with Gasteiger partial charge in [-0.3, -0.25) is 4.90 Å². The van der Waals surface area contributed by atoms with Crippen molar-refractivity contribution in [2.45, 2.75) is 19.1 Å². The first-order chi connectivity index (χ1) is 9.43. The van der Waals surface area contributed by atoms with Crippen molar-refractivity contribution in [2.24, 2.45) is 5.73 Å². The van der Waals surface area contributed by atoms with Gasteiger partial charge in [-0.2, -0.15) is 13.2 Å². The van der Waals surface area contributed by atoms with E-state index in [-0.39, 0.29) is 0 Å². The smallest absolute Gasteiger partial charge is 0.401 e. The van der Waals surface area contributed by atoms with E-state index in [0.717, 1.165) is 16.7 Å². The summed E-state index contributed by atoms with van der Waals surface area (Å²) in [4.78, 5) is 1.40. The maximum Gasteiger partial charge on any atom is 0.401 e. The first kappa shape index (κ1) is 14.6. The molecular weight excluding hydrogens is 267 g/mol. The number of hydrogen-bond donors (Lipinski definition) is 2. The number of hydrogen-bond acceptors (Lipinski definition) is 3. The van der Waals surface area contributed by atoms with Gasteiger partial charge in [0.15, 0.2) is 0 Å². The molecule has 1 aliphatic rings. The van der Waals surface area contributed by atoms with Crippen LogP contribution in [-0.2, 0) is 13.0 Å². The van der Waals surface area contributed by atoms with Gasteiger partial charge in [-0.15, -0.1) is 0 Å². The van der Waals surface area contributed by atoms with Crippen LogP contribution in [0.4, 0.5) is 13.2 Å². The lowest BCUT2D eigenvalue weighted by atomic mass is 9.95. The zero-order valence-electron chi connectivity index (χ0n) is 10.9. The lowest BCUT2D eigenvalue weighted by Crippen LogP contribution is -2.37. The van der Waals surface area contributed by atoms with Gasteiger partial charge in [0, 0.05) is 31.1 Å². The summed E-state index contributed by atoms with van der Waals surface area (Å²) in [5.41, 5.74) is 8.80. The molecule has 1 aliphatic heterocycles. The maximum absolute atomic E-state index is 12.4. The lowest BCUT2D eigenvalue weighted by molar-refractivity contribution is -0.147. The van der Waals surface area contributed by atoms with Crippen LogP contribution in [0.1, 0.15) is 16.7 Å². The van der Waals surface area contributed by atoms with Crippen LogP contribution in [0.25, 0.3) is 5.57 Å². The van der Waals surface area contributed by atoms with Crippen molar-refractivity contribution in [2.75, 3.05) is 13.1 Å². The van der Waals surface area contributed by atoms with Crippen molar-refractivity contribution in [1.29, 1.82) is 5.41 Å². The van der Waals surface area contributed by atoms with E-state index >= 15 is 0 Å². The molecule has 2 rings (SSSR count). The number of nitrogens with two attached hydrogens (primary N) is 1. The van der Waals surface area contributed by atoms with E-state index in [1.54, 1.807) is 6.07 Å². The van der Waals surface area contributed by atoms with E-state index in [4.69, 9.17) is 11.1 Å². The highest BCUT2D eigenvalue weighted by Gasteiger charge is 2.32. The van der Waals surface area contributed by atoms with Gasteiger partial charge in [-0.25, -0.2) is 0 Å². The van der Waals surface area contributed by atoms with Crippen molar-refractivity contribution < 1.29 is 13.2 Å². The summed E-state index contributed by atoms with van der Waals surface area (Å²) in [5.74, 6) is 0. The van der Waals surface area contributed by atoms with Crippen LogP contribution in [0.3, 0.4) is 0 Å². The number of fused-ring (bicyclic) bond motifs is 1. The Morgan fingerprint density at radius 1 is 1.35 bits per heavy atom. The molecule has 0 saturated carbocycles. The number of alkyl halides is 3. The molecule has 0 spiro atoms. The molecular formula is C14H16F3N3. The van der Waals surface area contributed by atoms with Crippen LogP contribution in [0.2, 0.25) is 0 Å². The van der Waals surface area contributed by atoms with Crippen LogP contribution in [0.5, 0.6) is 0 Å². The molecule has 0 amide bonds. The first-order valence-electron chi connectivity index (χ1n) is 6.26. The number of nitrogens with one attached hydrogen (secondary N) is 1. The number of rotatable bonds is 3. The van der Waals surface area contributed by atoms with Gasteiger partial charge in [-0.05, 0) is 23.1 Å². The van der Waals surface area contributed by atoms with Gasteiger partial charge in [-0.1, -0.05) is 18.2 Å². The molecule has 0 atom stereocenters. The molecule has 1 aromatic rings. The molecule has 0 radical (unpaired) electrons. The van der Waals surface area contributed by atoms with Crippen LogP contribution >= 0.6 is 0 Å². The second-order valence-corrected chi connectivity index (χ2v) is 4.83. The molecule has 0 saturated heterocycles. The van der Waals surface area contributed by atoms with E-state index in [1.807, 2.05) is 12.1 Å². The van der Waals surface area contributed by atoms with E-state index in [1.165, 1.54) is 17.3 Å². The first-order valence-corrected chi connectivity index (χ1v) is 6.26. The molecule has 0 aromatic heterocycles. The molecule has 1 heterocycles. The monoisotopic (exact) mass is 283 g/mol. The molecule has 0 aliphatic carbocycles. The summed E-state index contributed by atoms with van der Waals surface area (Å²) < 4.78 is 37.2. The Morgan fingerprint density at radius 2 is 2.10 bits per heavy atom. The van der Waals surface area contributed by atoms with Crippen LogP contribution in [0, 0.1) is 5.41 Å². The molecule has 3 nitrogen and oxygen atoms in total. The number of benzene rings is 1.